The van der Waals surface area contributed by atoms with Crippen molar-refractivity contribution in [3.63, 3.8) is 0 Å². The summed E-state index contributed by atoms with van der Waals surface area (Å²) >= 11 is 0. The van der Waals surface area contributed by atoms with Crippen LogP contribution in [0.25, 0.3) is 0 Å². The van der Waals surface area contributed by atoms with Crippen LogP contribution in [0.1, 0.15) is 25.8 Å². The molecule has 5 nitrogen and oxygen atoms in total. The molecule has 1 rings (SSSR count). The van der Waals surface area contributed by atoms with E-state index in [0.29, 0.717) is 0 Å². The second-order valence-electron chi connectivity index (χ2n) is 5.13. The van der Waals surface area contributed by atoms with Gasteiger partial charge in [0.2, 0.25) is 15.9 Å². The summed E-state index contributed by atoms with van der Waals surface area (Å²) in [5, 5.41) is 2.75. The Labute approximate surface area is 121 Å². The van der Waals surface area contributed by atoms with Crippen LogP contribution in [0.4, 0.5) is 5.69 Å². The van der Waals surface area contributed by atoms with Gasteiger partial charge in [-0.05, 0) is 32.9 Å². The van der Waals surface area contributed by atoms with E-state index in [0.717, 1.165) is 17.5 Å². The molecule has 0 saturated carbocycles. The summed E-state index contributed by atoms with van der Waals surface area (Å²) in [4.78, 5) is 11.8. The highest BCUT2D eigenvalue weighted by Crippen LogP contribution is 2.10. The fourth-order valence-corrected chi connectivity index (χ4v) is 3.07. The van der Waals surface area contributed by atoms with E-state index in [9.17, 15) is 13.2 Å². The van der Waals surface area contributed by atoms with Gasteiger partial charge in [0.25, 0.3) is 0 Å². The number of nitrogens with one attached hydrogen (secondary N) is 1. The van der Waals surface area contributed by atoms with Gasteiger partial charge in [-0.2, -0.15) is 4.31 Å². The van der Waals surface area contributed by atoms with Gasteiger partial charge in [-0.3, -0.25) is 4.79 Å². The van der Waals surface area contributed by atoms with Gasteiger partial charge in [-0.25, -0.2) is 8.42 Å². The number of amides is 1. The normalized spacial score (nSPS) is 11.9. The Kier molecular flexibility index (Phi) is 5.71. The van der Waals surface area contributed by atoms with E-state index in [1.165, 1.54) is 4.31 Å². The second kappa shape index (κ2) is 6.85. The minimum atomic E-state index is -3.28. The summed E-state index contributed by atoms with van der Waals surface area (Å²) < 4.78 is 24.5. The molecule has 20 heavy (non-hydrogen) atoms. The van der Waals surface area contributed by atoms with Crippen molar-refractivity contribution in [1.29, 1.82) is 0 Å². The Morgan fingerprint density at radius 3 is 2.25 bits per heavy atom. The first-order valence-electron chi connectivity index (χ1n) is 6.53. The molecule has 1 amide bonds. The number of carbonyl (C=O) groups excluding carboxylic acids is 1. The number of benzene rings is 1. The van der Waals surface area contributed by atoms with E-state index in [4.69, 9.17) is 0 Å². The molecule has 0 spiro atoms. The van der Waals surface area contributed by atoms with Gasteiger partial charge in [0.1, 0.15) is 0 Å². The number of rotatable bonds is 6. The molecular weight excluding hydrogens is 276 g/mol. The predicted molar refractivity (Wildman–Crippen MR) is 81.1 cm³/mol. The summed E-state index contributed by atoms with van der Waals surface area (Å²) in [6.07, 6.45) is 1.30. The summed E-state index contributed by atoms with van der Waals surface area (Å²) in [5.74, 6) is -0.192. The maximum Gasteiger partial charge on any atom is 0.225 e. The van der Waals surface area contributed by atoms with E-state index in [-0.39, 0.29) is 24.9 Å². The molecule has 0 aliphatic heterocycles. The first-order chi connectivity index (χ1) is 9.20. The highest BCUT2D eigenvalue weighted by Gasteiger charge is 2.20. The third-order valence-corrected chi connectivity index (χ3v) is 4.35. The molecule has 0 atom stereocenters. The van der Waals surface area contributed by atoms with Crippen LogP contribution in [-0.4, -0.2) is 37.5 Å². The fraction of sp³-hybridized carbons (Fsp3) is 0.500. The van der Waals surface area contributed by atoms with Crippen LogP contribution < -0.4 is 5.32 Å². The molecule has 0 aliphatic rings. The predicted octanol–water partition coefficient (Wildman–Crippen LogP) is 1.99. The second-order valence-corrected chi connectivity index (χ2v) is 7.07. The van der Waals surface area contributed by atoms with Crippen LogP contribution in [0, 0.1) is 6.92 Å². The van der Waals surface area contributed by atoms with Crippen molar-refractivity contribution in [2.45, 2.75) is 33.2 Å². The van der Waals surface area contributed by atoms with Crippen molar-refractivity contribution in [2.24, 2.45) is 0 Å². The molecule has 1 N–H and O–H groups in total. The number of anilines is 1. The highest BCUT2D eigenvalue weighted by molar-refractivity contribution is 7.88. The number of hydrogen-bond acceptors (Lipinski definition) is 3. The van der Waals surface area contributed by atoms with Crippen LogP contribution in [0.2, 0.25) is 0 Å². The molecule has 0 aliphatic carbocycles. The number of hydrogen-bond donors (Lipinski definition) is 1. The maximum atomic E-state index is 11.8. The molecule has 0 heterocycles. The first kappa shape index (κ1) is 16.7. The zero-order valence-electron chi connectivity index (χ0n) is 12.4. The Morgan fingerprint density at radius 1 is 1.25 bits per heavy atom. The number of aryl methyl sites for hydroxylation is 1. The molecule has 1 aromatic rings. The lowest BCUT2D eigenvalue weighted by Crippen LogP contribution is -2.38. The van der Waals surface area contributed by atoms with Crippen molar-refractivity contribution in [1.82, 2.24) is 4.31 Å². The third-order valence-electron chi connectivity index (χ3n) is 2.90. The lowest BCUT2D eigenvalue weighted by atomic mass is 10.2. The minimum absolute atomic E-state index is 0.138. The zero-order chi connectivity index (χ0) is 15.3. The number of nitrogens with zero attached hydrogens (tertiary/aromatic N) is 1. The Morgan fingerprint density at radius 2 is 1.80 bits per heavy atom. The highest BCUT2D eigenvalue weighted by atomic mass is 32.2. The van der Waals surface area contributed by atoms with Crippen LogP contribution in [0.3, 0.4) is 0 Å². The summed E-state index contributed by atoms with van der Waals surface area (Å²) in [7, 11) is -3.28. The largest absolute Gasteiger partial charge is 0.326 e. The van der Waals surface area contributed by atoms with E-state index in [2.05, 4.69) is 5.32 Å². The topological polar surface area (TPSA) is 66.5 Å². The van der Waals surface area contributed by atoms with Crippen molar-refractivity contribution in [3.8, 4) is 0 Å². The van der Waals surface area contributed by atoms with Crippen LogP contribution >= 0.6 is 0 Å². The standard InChI is InChI=1S/C14H22N2O3S/c1-11(2)16(20(4,18)19)10-9-14(17)15-13-7-5-12(3)6-8-13/h5-8,11H,9-10H2,1-4H3,(H,15,17). The third kappa shape index (κ3) is 5.30. The molecule has 0 saturated heterocycles. The quantitative estimate of drug-likeness (QED) is 0.873. The molecule has 0 unspecified atom stereocenters. The van der Waals surface area contributed by atoms with Crippen molar-refractivity contribution >= 4 is 21.6 Å². The van der Waals surface area contributed by atoms with Gasteiger partial charge in [0.15, 0.2) is 0 Å². The summed E-state index contributed by atoms with van der Waals surface area (Å²) in [6, 6.07) is 7.31. The SMILES string of the molecule is Cc1ccc(NC(=O)CCN(C(C)C)S(C)(=O)=O)cc1. The molecule has 0 radical (unpaired) electrons. The zero-order valence-corrected chi connectivity index (χ0v) is 13.2. The monoisotopic (exact) mass is 298 g/mol. The van der Waals surface area contributed by atoms with Gasteiger partial charge in [0, 0.05) is 24.7 Å². The van der Waals surface area contributed by atoms with Gasteiger partial charge in [-0.1, -0.05) is 17.7 Å². The Hall–Kier alpha value is -1.40. The van der Waals surface area contributed by atoms with Gasteiger partial charge < -0.3 is 5.32 Å². The van der Waals surface area contributed by atoms with Gasteiger partial charge >= 0.3 is 0 Å². The van der Waals surface area contributed by atoms with E-state index in [1.54, 1.807) is 13.8 Å². The van der Waals surface area contributed by atoms with E-state index >= 15 is 0 Å². The number of sulfonamides is 1. The minimum Gasteiger partial charge on any atom is -0.326 e. The average Bonchev–Trinajstić information content (AvgIpc) is 2.30. The smallest absolute Gasteiger partial charge is 0.225 e. The Balaban J connectivity index is 2.56. The van der Waals surface area contributed by atoms with Crippen LogP contribution in [-0.2, 0) is 14.8 Å². The van der Waals surface area contributed by atoms with E-state index in [1.807, 2.05) is 31.2 Å². The lowest BCUT2D eigenvalue weighted by Gasteiger charge is -2.23. The van der Waals surface area contributed by atoms with Gasteiger partial charge in [0.05, 0.1) is 6.26 Å². The average molecular weight is 298 g/mol. The molecule has 0 aromatic heterocycles. The van der Waals surface area contributed by atoms with E-state index < -0.39 is 10.0 Å². The fourth-order valence-electron chi connectivity index (χ4n) is 1.88. The first-order valence-corrected chi connectivity index (χ1v) is 8.38. The molecule has 1 aromatic carbocycles. The molecule has 0 fully saturated rings. The van der Waals surface area contributed by atoms with Crippen molar-refractivity contribution in [3.05, 3.63) is 29.8 Å². The van der Waals surface area contributed by atoms with Crippen molar-refractivity contribution in [2.75, 3.05) is 18.1 Å². The molecule has 112 valence electrons. The van der Waals surface area contributed by atoms with Gasteiger partial charge in [-0.15, -0.1) is 0 Å². The summed E-state index contributed by atoms with van der Waals surface area (Å²) in [6.45, 7) is 5.74. The van der Waals surface area contributed by atoms with Crippen LogP contribution in [0.5, 0.6) is 0 Å². The summed E-state index contributed by atoms with van der Waals surface area (Å²) in [5.41, 5.74) is 1.84. The Bertz CT molecular complexity index is 550. The number of carbonyl (C=O) groups is 1. The maximum absolute atomic E-state index is 11.8. The lowest BCUT2D eigenvalue weighted by molar-refractivity contribution is -0.116. The molecule has 0 bridgehead atoms. The van der Waals surface area contributed by atoms with Crippen LogP contribution in [0.15, 0.2) is 24.3 Å². The van der Waals surface area contributed by atoms with Crippen molar-refractivity contribution < 1.29 is 13.2 Å². The molecular formula is C14H22N2O3S. The molecule has 6 heteroatoms.